The highest BCUT2D eigenvalue weighted by atomic mass is 16.2. The molecule has 0 spiro atoms. The smallest absolute Gasteiger partial charge is 0.272 e. The fourth-order valence-corrected chi connectivity index (χ4v) is 3.05. The van der Waals surface area contributed by atoms with Gasteiger partial charge in [0.2, 0.25) is 5.78 Å². The molecular weight excluding hydrogens is 328 g/mol. The number of hydrogen-bond donors (Lipinski definition) is 1. The minimum Gasteiger partial charge on any atom is -0.336 e. The molecule has 0 aliphatic rings. The number of aromatic nitrogens is 5. The Hall–Kier alpha value is -3.48. The van der Waals surface area contributed by atoms with Crippen molar-refractivity contribution in [3.8, 4) is 11.3 Å². The van der Waals surface area contributed by atoms with Crippen molar-refractivity contribution in [1.82, 2.24) is 29.5 Å². The molecule has 7 nitrogen and oxygen atoms in total. The summed E-state index contributed by atoms with van der Waals surface area (Å²) in [5, 5.41) is 7.18. The van der Waals surface area contributed by atoms with Crippen molar-refractivity contribution in [2.24, 2.45) is 0 Å². The second-order valence-corrected chi connectivity index (χ2v) is 6.13. The maximum absolute atomic E-state index is 13.0. The number of carbonyl (C=O) groups is 1. The molecule has 0 saturated heterocycles. The minimum absolute atomic E-state index is 0.108. The van der Waals surface area contributed by atoms with Gasteiger partial charge in [0, 0.05) is 31.5 Å². The lowest BCUT2D eigenvalue weighted by molar-refractivity contribution is 0.0777. The van der Waals surface area contributed by atoms with E-state index >= 15 is 0 Å². The van der Waals surface area contributed by atoms with E-state index in [0.717, 1.165) is 16.8 Å². The molecule has 1 aromatic carbocycles. The molecule has 0 radical (unpaired) electrons. The van der Waals surface area contributed by atoms with Crippen LogP contribution in [0.4, 0.5) is 0 Å². The molecule has 7 heteroatoms. The number of carbonyl (C=O) groups excluding carboxylic acids is 1. The SMILES string of the molecule is Cc1nc2ncccn2c1C(=O)N(C)Cc1cn[nH]c1-c1ccccc1. The van der Waals surface area contributed by atoms with Gasteiger partial charge < -0.3 is 4.90 Å². The van der Waals surface area contributed by atoms with Crippen molar-refractivity contribution in [3.63, 3.8) is 0 Å². The van der Waals surface area contributed by atoms with Crippen LogP contribution in [-0.4, -0.2) is 42.4 Å². The largest absolute Gasteiger partial charge is 0.336 e. The third-order valence-corrected chi connectivity index (χ3v) is 4.32. The third-order valence-electron chi connectivity index (χ3n) is 4.32. The number of amides is 1. The van der Waals surface area contributed by atoms with E-state index in [2.05, 4.69) is 20.2 Å². The molecule has 0 aliphatic heterocycles. The minimum atomic E-state index is -0.108. The topological polar surface area (TPSA) is 79.2 Å². The molecular formula is C19H18N6O. The van der Waals surface area contributed by atoms with Crippen LogP contribution in [0.2, 0.25) is 0 Å². The molecule has 3 heterocycles. The van der Waals surface area contributed by atoms with Crippen LogP contribution in [0.1, 0.15) is 21.7 Å². The van der Waals surface area contributed by atoms with Crippen molar-refractivity contribution >= 4 is 11.7 Å². The zero-order valence-corrected chi connectivity index (χ0v) is 14.5. The van der Waals surface area contributed by atoms with Gasteiger partial charge in [0.25, 0.3) is 5.91 Å². The standard InChI is InChI=1S/C19H18N6O/c1-13-17(25-10-6-9-20-19(25)22-13)18(26)24(2)12-15-11-21-23-16(15)14-7-4-3-5-8-14/h3-11H,12H2,1-2H3,(H,21,23). The Morgan fingerprint density at radius 1 is 1.23 bits per heavy atom. The molecule has 130 valence electrons. The first-order chi connectivity index (χ1) is 12.6. The lowest BCUT2D eigenvalue weighted by atomic mass is 10.1. The van der Waals surface area contributed by atoms with E-state index in [4.69, 9.17) is 0 Å². The van der Waals surface area contributed by atoms with E-state index in [9.17, 15) is 4.79 Å². The molecule has 1 amide bonds. The van der Waals surface area contributed by atoms with Gasteiger partial charge in [0.1, 0.15) is 5.69 Å². The molecule has 0 atom stereocenters. The first-order valence-corrected chi connectivity index (χ1v) is 8.28. The molecule has 0 fully saturated rings. The van der Waals surface area contributed by atoms with E-state index in [1.54, 1.807) is 41.0 Å². The number of nitrogens with one attached hydrogen (secondary N) is 1. The Labute approximate surface area is 150 Å². The maximum atomic E-state index is 13.0. The summed E-state index contributed by atoms with van der Waals surface area (Å²) < 4.78 is 1.72. The summed E-state index contributed by atoms with van der Waals surface area (Å²) in [7, 11) is 1.78. The van der Waals surface area contributed by atoms with E-state index in [1.165, 1.54) is 0 Å². The average Bonchev–Trinajstić information content (AvgIpc) is 3.25. The zero-order valence-electron chi connectivity index (χ0n) is 14.5. The second-order valence-electron chi connectivity index (χ2n) is 6.13. The van der Waals surface area contributed by atoms with Crippen molar-refractivity contribution in [2.75, 3.05) is 7.05 Å². The predicted molar refractivity (Wildman–Crippen MR) is 97.5 cm³/mol. The van der Waals surface area contributed by atoms with Gasteiger partial charge in [-0.1, -0.05) is 30.3 Å². The molecule has 4 aromatic rings. The number of hydrogen-bond acceptors (Lipinski definition) is 4. The van der Waals surface area contributed by atoms with Gasteiger partial charge in [-0.2, -0.15) is 5.10 Å². The molecule has 3 aromatic heterocycles. The van der Waals surface area contributed by atoms with Gasteiger partial charge in [-0.15, -0.1) is 0 Å². The third kappa shape index (κ3) is 2.73. The zero-order chi connectivity index (χ0) is 18.1. The monoisotopic (exact) mass is 346 g/mol. The van der Waals surface area contributed by atoms with E-state index < -0.39 is 0 Å². The highest BCUT2D eigenvalue weighted by Crippen LogP contribution is 2.22. The van der Waals surface area contributed by atoms with Crippen LogP contribution in [0.15, 0.2) is 55.0 Å². The van der Waals surface area contributed by atoms with Gasteiger partial charge in [-0.25, -0.2) is 9.97 Å². The molecule has 1 N–H and O–H groups in total. The van der Waals surface area contributed by atoms with Gasteiger partial charge in [-0.3, -0.25) is 14.3 Å². The van der Waals surface area contributed by atoms with Crippen molar-refractivity contribution in [2.45, 2.75) is 13.5 Å². The first-order valence-electron chi connectivity index (χ1n) is 8.28. The lowest BCUT2D eigenvalue weighted by Crippen LogP contribution is -2.28. The van der Waals surface area contributed by atoms with Crippen molar-refractivity contribution in [1.29, 1.82) is 0 Å². The fraction of sp³-hybridized carbons (Fsp3) is 0.158. The second kappa shape index (κ2) is 6.44. The number of rotatable bonds is 4. The number of aromatic amines is 1. The number of aryl methyl sites for hydroxylation is 1. The highest BCUT2D eigenvalue weighted by molar-refractivity contribution is 5.94. The summed E-state index contributed by atoms with van der Waals surface area (Å²) in [5.74, 6) is 0.415. The summed E-state index contributed by atoms with van der Waals surface area (Å²) in [6.45, 7) is 2.26. The quantitative estimate of drug-likeness (QED) is 0.616. The molecule has 26 heavy (non-hydrogen) atoms. The van der Waals surface area contributed by atoms with Crippen LogP contribution < -0.4 is 0 Å². The van der Waals surface area contributed by atoms with Gasteiger partial charge in [-0.05, 0) is 18.6 Å². The summed E-state index contributed by atoms with van der Waals surface area (Å²) >= 11 is 0. The van der Waals surface area contributed by atoms with Crippen LogP contribution in [0.25, 0.3) is 17.0 Å². The Balaban J connectivity index is 1.63. The molecule has 0 aliphatic carbocycles. The predicted octanol–water partition coefficient (Wildman–Crippen LogP) is 2.70. The van der Waals surface area contributed by atoms with Gasteiger partial charge in [0.15, 0.2) is 0 Å². The Morgan fingerprint density at radius 3 is 2.85 bits per heavy atom. The molecule has 4 rings (SSSR count). The maximum Gasteiger partial charge on any atom is 0.272 e. The Bertz CT molecular complexity index is 1070. The highest BCUT2D eigenvalue weighted by Gasteiger charge is 2.22. The van der Waals surface area contributed by atoms with Crippen molar-refractivity contribution in [3.05, 3.63) is 71.9 Å². The van der Waals surface area contributed by atoms with Crippen LogP contribution in [0.5, 0.6) is 0 Å². The van der Waals surface area contributed by atoms with Crippen molar-refractivity contribution < 1.29 is 4.79 Å². The fourth-order valence-electron chi connectivity index (χ4n) is 3.05. The molecule has 0 saturated carbocycles. The van der Waals surface area contributed by atoms with Crippen LogP contribution in [0.3, 0.4) is 0 Å². The van der Waals surface area contributed by atoms with E-state index in [-0.39, 0.29) is 5.91 Å². The lowest BCUT2D eigenvalue weighted by Gasteiger charge is -2.17. The number of fused-ring (bicyclic) bond motifs is 1. The summed E-state index contributed by atoms with van der Waals surface area (Å²) in [4.78, 5) is 23.3. The molecule has 0 unspecified atom stereocenters. The normalized spacial score (nSPS) is 11.0. The van der Waals surface area contributed by atoms with Gasteiger partial charge in [0.05, 0.1) is 17.6 Å². The van der Waals surface area contributed by atoms with E-state index in [1.807, 2.05) is 37.3 Å². The van der Waals surface area contributed by atoms with Crippen LogP contribution in [-0.2, 0) is 6.54 Å². The number of benzene rings is 1. The number of nitrogens with zero attached hydrogens (tertiary/aromatic N) is 5. The Kier molecular flexibility index (Phi) is 3.96. The summed E-state index contributed by atoms with van der Waals surface area (Å²) in [5.41, 5.74) is 4.10. The Morgan fingerprint density at radius 2 is 2.04 bits per heavy atom. The summed E-state index contributed by atoms with van der Waals surface area (Å²) in [6.07, 6.45) is 5.23. The first kappa shape index (κ1) is 16.0. The number of H-pyrrole nitrogens is 1. The molecule has 0 bridgehead atoms. The van der Waals surface area contributed by atoms with E-state index in [0.29, 0.717) is 23.7 Å². The average molecular weight is 346 g/mol. The summed E-state index contributed by atoms with van der Waals surface area (Å²) in [6, 6.07) is 11.7. The van der Waals surface area contributed by atoms with Crippen LogP contribution in [0, 0.1) is 6.92 Å². The van der Waals surface area contributed by atoms with Crippen LogP contribution >= 0.6 is 0 Å². The number of imidazole rings is 1. The van der Waals surface area contributed by atoms with Gasteiger partial charge >= 0.3 is 0 Å².